The van der Waals surface area contributed by atoms with Crippen molar-refractivity contribution in [3.8, 4) is 5.69 Å². The topological polar surface area (TPSA) is 84.2 Å². The maximum absolute atomic E-state index is 12.5. The number of carbonyl (C=O) groups is 2. The Morgan fingerprint density at radius 2 is 1.92 bits per heavy atom. The largest absolute Gasteiger partial charge is 0.396 e. The minimum absolute atomic E-state index is 0.0625. The van der Waals surface area contributed by atoms with Crippen LogP contribution in [0, 0.1) is 19.8 Å². The number of rotatable bonds is 7. The predicted octanol–water partition coefficient (Wildman–Crippen LogP) is 1.81. The first-order valence-electron chi connectivity index (χ1n) is 8.00. The SMILES string of the molecule is Cc1nn(-c2ccccc2)c(C)c1C(=O)C(=O)NCC(C)CCO. The average molecular weight is 329 g/mol. The van der Waals surface area contributed by atoms with E-state index in [1.54, 1.807) is 18.5 Å². The van der Waals surface area contributed by atoms with Gasteiger partial charge in [-0.1, -0.05) is 25.1 Å². The Balaban J connectivity index is 2.18. The van der Waals surface area contributed by atoms with Crippen LogP contribution >= 0.6 is 0 Å². The fourth-order valence-electron chi connectivity index (χ4n) is 2.58. The molecule has 1 aromatic carbocycles. The molecule has 2 rings (SSSR count). The lowest BCUT2D eigenvalue weighted by molar-refractivity contribution is -0.117. The van der Waals surface area contributed by atoms with Crippen molar-refractivity contribution < 1.29 is 14.7 Å². The average Bonchev–Trinajstić information content (AvgIpc) is 2.87. The lowest BCUT2D eigenvalue weighted by Crippen LogP contribution is -2.34. The number of aromatic nitrogens is 2. The number of amides is 1. The van der Waals surface area contributed by atoms with E-state index in [0.29, 0.717) is 29.9 Å². The third kappa shape index (κ3) is 3.89. The molecule has 6 heteroatoms. The van der Waals surface area contributed by atoms with Crippen LogP contribution in [0.5, 0.6) is 0 Å². The van der Waals surface area contributed by atoms with Crippen LogP contribution < -0.4 is 5.32 Å². The standard InChI is InChI=1S/C18H23N3O3/c1-12(9-10-22)11-19-18(24)17(23)16-13(2)20-21(14(16)3)15-7-5-4-6-8-15/h4-8,12,22H,9-11H2,1-3H3,(H,19,24). The van der Waals surface area contributed by atoms with Gasteiger partial charge in [-0.15, -0.1) is 0 Å². The maximum Gasteiger partial charge on any atom is 0.292 e. The van der Waals surface area contributed by atoms with Crippen LogP contribution in [0.3, 0.4) is 0 Å². The number of hydrogen-bond donors (Lipinski definition) is 2. The number of nitrogens with one attached hydrogen (secondary N) is 1. The number of nitrogens with zero attached hydrogens (tertiary/aromatic N) is 2. The fraction of sp³-hybridized carbons (Fsp3) is 0.389. The Kier molecular flexibility index (Phi) is 5.87. The van der Waals surface area contributed by atoms with Crippen molar-refractivity contribution in [1.29, 1.82) is 0 Å². The van der Waals surface area contributed by atoms with E-state index >= 15 is 0 Å². The first kappa shape index (κ1) is 17.9. The van der Waals surface area contributed by atoms with Crippen LogP contribution in [0.25, 0.3) is 5.69 Å². The van der Waals surface area contributed by atoms with E-state index in [1.165, 1.54) is 0 Å². The molecule has 2 aromatic rings. The van der Waals surface area contributed by atoms with Gasteiger partial charge >= 0.3 is 0 Å². The van der Waals surface area contributed by atoms with Crippen LogP contribution in [0.15, 0.2) is 30.3 Å². The summed E-state index contributed by atoms with van der Waals surface area (Å²) < 4.78 is 1.67. The monoisotopic (exact) mass is 329 g/mol. The molecule has 0 aliphatic carbocycles. The second-order valence-corrected chi connectivity index (χ2v) is 5.95. The molecule has 0 aliphatic heterocycles. The van der Waals surface area contributed by atoms with Crippen molar-refractivity contribution in [2.24, 2.45) is 5.92 Å². The minimum Gasteiger partial charge on any atom is -0.396 e. The van der Waals surface area contributed by atoms with Crippen LogP contribution in [0.2, 0.25) is 0 Å². The number of Topliss-reactive ketones (excluding diaryl/α,β-unsaturated/α-hetero) is 1. The molecule has 1 amide bonds. The molecule has 0 bridgehead atoms. The van der Waals surface area contributed by atoms with Crippen LogP contribution in [0.4, 0.5) is 0 Å². The van der Waals surface area contributed by atoms with Crippen molar-refractivity contribution in [3.05, 3.63) is 47.3 Å². The van der Waals surface area contributed by atoms with E-state index in [1.807, 2.05) is 37.3 Å². The van der Waals surface area contributed by atoms with Crippen molar-refractivity contribution in [3.63, 3.8) is 0 Å². The van der Waals surface area contributed by atoms with Gasteiger partial charge in [0.25, 0.3) is 11.7 Å². The zero-order valence-electron chi connectivity index (χ0n) is 14.2. The molecule has 128 valence electrons. The van der Waals surface area contributed by atoms with E-state index in [0.717, 1.165) is 5.69 Å². The number of ketones is 1. The summed E-state index contributed by atoms with van der Waals surface area (Å²) in [5, 5.41) is 15.9. The molecule has 1 atom stereocenters. The molecule has 0 saturated heterocycles. The Hall–Kier alpha value is -2.47. The van der Waals surface area contributed by atoms with E-state index in [-0.39, 0.29) is 12.5 Å². The molecular weight excluding hydrogens is 306 g/mol. The third-order valence-corrected chi connectivity index (χ3v) is 3.96. The van der Waals surface area contributed by atoms with E-state index < -0.39 is 11.7 Å². The Morgan fingerprint density at radius 3 is 2.54 bits per heavy atom. The minimum atomic E-state index is -0.640. The molecule has 1 heterocycles. The predicted molar refractivity (Wildman–Crippen MR) is 91.2 cm³/mol. The number of benzene rings is 1. The highest BCUT2D eigenvalue weighted by atomic mass is 16.3. The normalized spacial score (nSPS) is 12.0. The van der Waals surface area contributed by atoms with Gasteiger partial charge in [-0.25, -0.2) is 4.68 Å². The van der Waals surface area contributed by atoms with Gasteiger partial charge < -0.3 is 10.4 Å². The Bertz CT molecular complexity index is 723. The molecule has 1 aromatic heterocycles. The van der Waals surface area contributed by atoms with Crippen molar-refractivity contribution in [2.45, 2.75) is 27.2 Å². The second kappa shape index (κ2) is 7.88. The van der Waals surface area contributed by atoms with Crippen LogP contribution in [-0.4, -0.2) is 39.7 Å². The van der Waals surface area contributed by atoms with Gasteiger partial charge in [0.15, 0.2) is 0 Å². The van der Waals surface area contributed by atoms with Gasteiger partial charge in [0, 0.05) is 13.2 Å². The summed E-state index contributed by atoms with van der Waals surface area (Å²) in [4.78, 5) is 24.6. The molecule has 0 aliphatic rings. The summed E-state index contributed by atoms with van der Waals surface area (Å²) in [5.41, 5.74) is 2.35. The number of aryl methyl sites for hydroxylation is 1. The third-order valence-electron chi connectivity index (χ3n) is 3.96. The van der Waals surface area contributed by atoms with Gasteiger partial charge in [-0.05, 0) is 38.3 Å². The van der Waals surface area contributed by atoms with E-state index in [2.05, 4.69) is 10.4 Å². The highest BCUT2D eigenvalue weighted by Crippen LogP contribution is 2.18. The highest BCUT2D eigenvalue weighted by Gasteiger charge is 2.25. The second-order valence-electron chi connectivity index (χ2n) is 5.95. The van der Waals surface area contributed by atoms with Gasteiger partial charge in [-0.3, -0.25) is 9.59 Å². The molecule has 6 nitrogen and oxygen atoms in total. The molecule has 0 saturated carbocycles. The smallest absolute Gasteiger partial charge is 0.292 e. The van der Waals surface area contributed by atoms with Crippen LogP contribution in [-0.2, 0) is 4.79 Å². The maximum atomic E-state index is 12.5. The number of aliphatic hydroxyl groups is 1. The lowest BCUT2D eigenvalue weighted by atomic mass is 10.1. The fourth-order valence-corrected chi connectivity index (χ4v) is 2.58. The lowest BCUT2D eigenvalue weighted by Gasteiger charge is -2.10. The van der Waals surface area contributed by atoms with E-state index in [4.69, 9.17) is 5.11 Å². The Labute approximate surface area is 141 Å². The summed E-state index contributed by atoms with van der Waals surface area (Å²) in [7, 11) is 0. The number of carbonyl (C=O) groups excluding carboxylic acids is 2. The van der Waals surface area contributed by atoms with Crippen molar-refractivity contribution in [2.75, 3.05) is 13.2 Å². The molecule has 0 radical (unpaired) electrons. The summed E-state index contributed by atoms with van der Waals surface area (Å²) in [5.74, 6) is -1.11. The van der Waals surface area contributed by atoms with Crippen molar-refractivity contribution in [1.82, 2.24) is 15.1 Å². The zero-order chi connectivity index (χ0) is 17.7. The summed E-state index contributed by atoms with van der Waals surface area (Å²) >= 11 is 0. The number of aliphatic hydroxyl groups excluding tert-OH is 1. The molecule has 1 unspecified atom stereocenters. The van der Waals surface area contributed by atoms with Crippen LogP contribution in [0.1, 0.15) is 35.1 Å². The number of hydrogen-bond acceptors (Lipinski definition) is 4. The quantitative estimate of drug-likeness (QED) is 0.599. The zero-order valence-corrected chi connectivity index (χ0v) is 14.2. The molecule has 0 fully saturated rings. The van der Waals surface area contributed by atoms with Gasteiger partial charge in [0.2, 0.25) is 0 Å². The summed E-state index contributed by atoms with van der Waals surface area (Å²) in [6.45, 7) is 5.83. The molecule has 24 heavy (non-hydrogen) atoms. The number of para-hydroxylation sites is 1. The first-order valence-corrected chi connectivity index (χ1v) is 8.00. The van der Waals surface area contributed by atoms with Gasteiger partial charge in [0.1, 0.15) is 0 Å². The summed E-state index contributed by atoms with van der Waals surface area (Å²) in [6.07, 6.45) is 0.582. The molecular formula is C18H23N3O3. The van der Waals surface area contributed by atoms with E-state index in [9.17, 15) is 9.59 Å². The van der Waals surface area contributed by atoms with Gasteiger partial charge in [-0.2, -0.15) is 5.10 Å². The van der Waals surface area contributed by atoms with Gasteiger partial charge in [0.05, 0.1) is 22.6 Å². The summed E-state index contributed by atoms with van der Waals surface area (Å²) in [6, 6.07) is 9.47. The Morgan fingerprint density at radius 1 is 1.25 bits per heavy atom. The molecule has 2 N–H and O–H groups in total. The van der Waals surface area contributed by atoms with Crippen molar-refractivity contribution >= 4 is 11.7 Å². The highest BCUT2D eigenvalue weighted by molar-refractivity contribution is 6.43. The molecule has 0 spiro atoms. The first-order chi connectivity index (χ1) is 11.5.